The Hall–Kier alpha value is -3.26. The first-order chi connectivity index (χ1) is 13.1. The SMILES string of the molecule is Cc1ccc(C(=O)On2nnc3ccccc32)c(Nc2ccc(Br)cc2)n1. The van der Waals surface area contributed by atoms with Gasteiger partial charge in [-0.15, -0.1) is 5.10 Å². The molecular weight excluding hydrogens is 410 g/mol. The molecule has 0 spiro atoms. The normalized spacial score (nSPS) is 10.7. The highest BCUT2D eigenvalue weighted by molar-refractivity contribution is 9.10. The number of carbonyl (C=O) groups excluding carboxylic acids is 1. The highest BCUT2D eigenvalue weighted by Gasteiger charge is 2.18. The molecule has 4 rings (SSSR count). The Morgan fingerprint density at radius 2 is 1.85 bits per heavy atom. The molecule has 0 radical (unpaired) electrons. The Bertz CT molecular complexity index is 1120. The Labute approximate surface area is 163 Å². The summed E-state index contributed by atoms with van der Waals surface area (Å²) in [6.45, 7) is 1.85. The molecule has 2 heterocycles. The molecule has 0 aliphatic rings. The number of hydrogen-bond acceptors (Lipinski definition) is 6. The van der Waals surface area contributed by atoms with Crippen LogP contribution < -0.4 is 10.2 Å². The van der Waals surface area contributed by atoms with Crippen molar-refractivity contribution < 1.29 is 9.63 Å². The highest BCUT2D eigenvalue weighted by Crippen LogP contribution is 2.22. The second-order valence-corrected chi connectivity index (χ2v) is 6.73. The molecule has 0 saturated heterocycles. The number of nitrogens with zero attached hydrogens (tertiary/aromatic N) is 4. The van der Waals surface area contributed by atoms with E-state index in [-0.39, 0.29) is 0 Å². The molecule has 0 bridgehead atoms. The lowest BCUT2D eigenvalue weighted by atomic mass is 10.2. The quantitative estimate of drug-likeness (QED) is 0.501. The Morgan fingerprint density at radius 1 is 1.07 bits per heavy atom. The van der Waals surface area contributed by atoms with Crippen LogP contribution in [0.1, 0.15) is 16.1 Å². The lowest BCUT2D eigenvalue weighted by Crippen LogP contribution is -2.22. The van der Waals surface area contributed by atoms with Crippen molar-refractivity contribution in [2.24, 2.45) is 0 Å². The van der Waals surface area contributed by atoms with Gasteiger partial charge in [0.25, 0.3) is 0 Å². The van der Waals surface area contributed by atoms with E-state index in [1.165, 1.54) is 0 Å². The zero-order valence-corrected chi connectivity index (χ0v) is 15.8. The van der Waals surface area contributed by atoms with Crippen molar-refractivity contribution in [3.05, 3.63) is 76.4 Å². The van der Waals surface area contributed by atoms with Crippen molar-refractivity contribution in [3.63, 3.8) is 0 Å². The average molecular weight is 424 g/mol. The van der Waals surface area contributed by atoms with Gasteiger partial charge >= 0.3 is 5.97 Å². The van der Waals surface area contributed by atoms with Gasteiger partial charge < -0.3 is 10.2 Å². The number of anilines is 2. The molecule has 0 aliphatic heterocycles. The van der Waals surface area contributed by atoms with Crippen LogP contribution in [0.4, 0.5) is 11.5 Å². The highest BCUT2D eigenvalue weighted by atomic mass is 79.9. The van der Waals surface area contributed by atoms with Gasteiger partial charge in [-0.3, -0.25) is 0 Å². The number of carbonyl (C=O) groups is 1. The summed E-state index contributed by atoms with van der Waals surface area (Å²) in [6, 6.07) is 18.2. The summed E-state index contributed by atoms with van der Waals surface area (Å²) in [4.78, 5) is 23.7. The summed E-state index contributed by atoms with van der Waals surface area (Å²) in [5.74, 6) is -0.176. The van der Waals surface area contributed by atoms with E-state index >= 15 is 0 Å². The number of hydrogen-bond donors (Lipinski definition) is 1. The van der Waals surface area contributed by atoms with Gasteiger partial charge in [-0.25, -0.2) is 9.78 Å². The van der Waals surface area contributed by atoms with Crippen LogP contribution in [-0.2, 0) is 0 Å². The third kappa shape index (κ3) is 3.65. The Kier molecular flexibility index (Phi) is 4.55. The molecular formula is C19H14BrN5O2. The zero-order chi connectivity index (χ0) is 18.8. The average Bonchev–Trinajstić information content (AvgIpc) is 3.07. The Balaban J connectivity index is 1.64. The molecule has 4 aromatic rings. The van der Waals surface area contributed by atoms with Gasteiger partial charge in [0.05, 0.1) is 0 Å². The van der Waals surface area contributed by atoms with E-state index in [9.17, 15) is 4.79 Å². The molecule has 0 aliphatic carbocycles. The van der Waals surface area contributed by atoms with E-state index in [0.29, 0.717) is 22.4 Å². The molecule has 27 heavy (non-hydrogen) atoms. The van der Waals surface area contributed by atoms with Crippen LogP contribution >= 0.6 is 15.9 Å². The maximum Gasteiger partial charge on any atom is 0.369 e. The first-order valence-corrected chi connectivity index (χ1v) is 8.93. The molecule has 2 aromatic heterocycles. The molecule has 8 heteroatoms. The molecule has 0 amide bonds. The fourth-order valence-electron chi connectivity index (χ4n) is 2.53. The van der Waals surface area contributed by atoms with Crippen LogP contribution in [0.15, 0.2) is 65.1 Å². The molecule has 1 N–H and O–H groups in total. The maximum absolute atomic E-state index is 12.7. The van der Waals surface area contributed by atoms with E-state index in [0.717, 1.165) is 20.7 Å². The van der Waals surface area contributed by atoms with E-state index < -0.39 is 5.97 Å². The third-order valence-electron chi connectivity index (χ3n) is 3.85. The minimum Gasteiger partial charge on any atom is -0.340 e. The molecule has 2 aromatic carbocycles. The lowest BCUT2D eigenvalue weighted by molar-refractivity contribution is 0.0409. The lowest BCUT2D eigenvalue weighted by Gasteiger charge is -2.11. The minimum absolute atomic E-state index is 0.295. The van der Waals surface area contributed by atoms with Crippen molar-refractivity contribution in [2.75, 3.05) is 5.32 Å². The number of nitrogens with one attached hydrogen (secondary N) is 1. The van der Waals surface area contributed by atoms with Gasteiger partial charge in [-0.1, -0.05) is 32.9 Å². The molecule has 0 atom stereocenters. The number of para-hydroxylation sites is 1. The summed E-state index contributed by atoms with van der Waals surface area (Å²) in [5.41, 5.74) is 3.12. The van der Waals surface area contributed by atoms with Gasteiger partial charge in [0, 0.05) is 15.9 Å². The topological polar surface area (TPSA) is 81.9 Å². The number of rotatable bonds is 4. The van der Waals surface area contributed by atoms with Crippen LogP contribution in [0.2, 0.25) is 0 Å². The van der Waals surface area contributed by atoms with Crippen LogP contribution in [0.25, 0.3) is 11.0 Å². The molecule has 7 nitrogen and oxygen atoms in total. The van der Waals surface area contributed by atoms with Crippen LogP contribution in [0, 0.1) is 6.92 Å². The van der Waals surface area contributed by atoms with Crippen molar-refractivity contribution in [1.82, 2.24) is 20.1 Å². The van der Waals surface area contributed by atoms with Gasteiger partial charge in [0.2, 0.25) is 0 Å². The number of aromatic nitrogens is 4. The predicted octanol–water partition coefficient (Wildman–Crippen LogP) is 3.91. The number of aryl methyl sites for hydroxylation is 1. The fourth-order valence-corrected chi connectivity index (χ4v) is 2.79. The van der Waals surface area contributed by atoms with Gasteiger partial charge in [0.15, 0.2) is 0 Å². The monoisotopic (exact) mass is 423 g/mol. The van der Waals surface area contributed by atoms with Gasteiger partial charge in [-0.05, 0) is 60.7 Å². The van der Waals surface area contributed by atoms with E-state index in [4.69, 9.17) is 4.84 Å². The molecule has 0 unspecified atom stereocenters. The van der Waals surface area contributed by atoms with Gasteiger partial charge in [0.1, 0.15) is 22.4 Å². The van der Waals surface area contributed by atoms with E-state index in [2.05, 4.69) is 36.5 Å². The first kappa shape index (κ1) is 17.2. The molecule has 134 valence electrons. The zero-order valence-electron chi connectivity index (χ0n) is 14.3. The number of benzene rings is 2. The third-order valence-corrected chi connectivity index (χ3v) is 4.38. The van der Waals surface area contributed by atoms with E-state index in [1.54, 1.807) is 24.3 Å². The summed E-state index contributed by atoms with van der Waals surface area (Å²) >= 11 is 3.40. The second-order valence-electron chi connectivity index (χ2n) is 5.81. The van der Waals surface area contributed by atoms with Crippen molar-refractivity contribution in [1.29, 1.82) is 0 Å². The summed E-state index contributed by atoms with van der Waals surface area (Å²) in [7, 11) is 0. The van der Waals surface area contributed by atoms with Crippen molar-refractivity contribution in [3.8, 4) is 0 Å². The summed E-state index contributed by atoms with van der Waals surface area (Å²) in [5, 5.41) is 11.0. The van der Waals surface area contributed by atoms with E-state index in [1.807, 2.05) is 43.3 Å². The fraction of sp³-hybridized carbons (Fsp3) is 0.0526. The maximum atomic E-state index is 12.7. The Morgan fingerprint density at radius 3 is 2.67 bits per heavy atom. The number of fused-ring (bicyclic) bond motifs is 1. The first-order valence-electron chi connectivity index (χ1n) is 8.13. The molecule has 0 fully saturated rings. The number of pyridine rings is 1. The molecule has 0 saturated carbocycles. The van der Waals surface area contributed by atoms with Crippen LogP contribution in [0.3, 0.4) is 0 Å². The summed E-state index contributed by atoms with van der Waals surface area (Å²) < 4.78 is 0.961. The second kappa shape index (κ2) is 7.16. The standard InChI is InChI=1S/C19H14BrN5O2/c1-12-6-11-15(18(21-12)22-14-9-7-13(20)8-10-14)19(26)27-25-17-5-3-2-4-16(17)23-24-25/h2-11H,1H3,(H,21,22). The summed E-state index contributed by atoms with van der Waals surface area (Å²) in [6.07, 6.45) is 0. The van der Waals surface area contributed by atoms with Crippen molar-refractivity contribution in [2.45, 2.75) is 6.92 Å². The largest absolute Gasteiger partial charge is 0.369 e. The van der Waals surface area contributed by atoms with Crippen LogP contribution in [0.5, 0.6) is 0 Å². The van der Waals surface area contributed by atoms with Gasteiger partial charge in [-0.2, -0.15) is 0 Å². The number of halogens is 1. The van der Waals surface area contributed by atoms with Crippen molar-refractivity contribution >= 4 is 44.4 Å². The minimum atomic E-state index is -0.585. The predicted molar refractivity (Wildman–Crippen MR) is 105 cm³/mol. The smallest absolute Gasteiger partial charge is 0.340 e. The van der Waals surface area contributed by atoms with Crippen LogP contribution in [-0.4, -0.2) is 26.1 Å².